The van der Waals surface area contributed by atoms with Crippen molar-refractivity contribution in [2.75, 3.05) is 10.6 Å². The van der Waals surface area contributed by atoms with Crippen LogP contribution in [0.3, 0.4) is 0 Å². The summed E-state index contributed by atoms with van der Waals surface area (Å²) in [5.74, 6) is 0.759. The maximum atomic E-state index is 12.3. The number of nitro groups is 1. The predicted octanol–water partition coefficient (Wildman–Crippen LogP) is 6.34. The highest BCUT2D eigenvalue weighted by Crippen LogP contribution is 2.31. The fraction of sp³-hybridized carbons (Fsp3) is 0. The van der Waals surface area contributed by atoms with E-state index in [0.717, 1.165) is 0 Å². The van der Waals surface area contributed by atoms with E-state index < -0.39 is 11.0 Å². The number of non-ortho nitro benzene ring substituents is 1. The highest BCUT2D eigenvalue weighted by molar-refractivity contribution is 6.36. The Kier molecular flexibility index (Phi) is 5.98. The molecule has 0 aliphatic rings. The molecule has 2 amide bonds. The second-order valence-corrected chi connectivity index (χ2v) is 6.40. The van der Waals surface area contributed by atoms with Gasteiger partial charge in [0.25, 0.3) is 5.69 Å². The van der Waals surface area contributed by atoms with Gasteiger partial charge in [-0.3, -0.25) is 10.1 Å². The van der Waals surface area contributed by atoms with Gasteiger partial charge in [-0.2, -0.15) is 0 Å². The van der Waals surface area contributed by atoms with Crippen molar-refractivity contribution in [3.63, 3.8) is 0 Å². The van der Waals surface area contributed by atoms with E-state index in [9.17, 15) is 14.9 Å². The van der Waals surface area contributed by atoms with Gasteiger partial charge in [-0.1, -0.05) is 35.3 Å². The molecule has 0 unspecified atom stereocenters. The van der Waals surface area contributed by atoms with Gasteiger partial charge in [0.2, 0.25) is 0 Å². The van der Waals surface area contributed by atoms with E-state index in [4.69, 9.17) is 27.9 Å². The molecule has 0 fully saturated rings. The molecule has 3 rings (SSSR count). The fourth-order valence-electron chi connectivity index (χ4n) is 2.29. The van der Waals surface area contributed by atoms with Crippen molar-refractivity contribution in [1.82, 2.24) is 0 Å². The van der Waals surface area contributed by atoms with Crippen molar-refractivity contribution in [3.8, 4) is 11.5 Å². The number of para-hydroxylation sites is 2. The number of ether oxygens (including phenoxy) is 1. The summed E-state index contributed by atoms with van der Waals surface area (Å²) in [5, 5.41) is 16.8. The Morgan fingerprint density at radius 3 is 2.29 bits per heavy atom. The molecule has 2 N–H and O–H groups in total. The Hall–Kier alpha value is -3.29. The van der Waals surface area contributed by atoms with Crippen molar-refractivity contribution >= 4 is 46.3 Å². The summed E-state index contributed by atoms with van der Waals surface area (Å²) in [6.07, 6.45) is 0. The average Bonchev–Trinajstić information content (AvgIpc) is 2.66. The average molecular weight is 418 g/mol. The van der Waals surface area contributed by atoms with Gasteiger partial charge in [0, 0.05) is 17.2 Å². The van der Waals surface area contributed by atoms with Gasteiger partial charge < -0.3 is 15.4 Å². The molecule has 0 spiro atoms. The first kappa shape index (κ1) is 19.5. The van der Waals surface area contributed by atoms with Crippen LogP contribution in [0.1, 0.15) is 0 Å². The van der Waals surface area contributed by atoms with Crippen LogP contribution in [-0.4, -0.2) is 11.0 Å². The minimum atomic E-state index is -0.524. The number of hydrogen-bond acceptors (Lipinski definition) is 4. The fourth-order valence-corrected chi connectivity index (χ4v) is 2.74. The van der Waals surface area contributed by atoms with E-state index in [1.807, 2.05) is 0 Å². The van der Waals surface area contributed by atoms with Crippen LogP contribution in [0.15, 0.2) is 66.7 Å². The molecular weight excluding hydrogens is 405 g/mol. The van der Waals surface area contributed by atoms with Gasteiger partial charge in [-0.05, 0) is 42.5 Å². The number of nitro benzene ring substituents is 1. The summed E-state index contributed by atoms with van der Waals surface area (Å²) in [7, 11) is 0. The molecule has 0 saturated heterocycles. The summed E-state index contributed by atoms with van der Waals surface area (Å²) in [4.78, 5) is 22.5. The third kappa shape index (κ3) is 4.91. The minimum absolute atomic E-state index is 0.0435. The van der Waals surface area contributed by atoms with Crippen molar-refractivity contribution in [3.05, 3.63) is 86.9 Å². The first-order valence-corrected chi connectivity index (χ1v) is 8.72. The Balaban J connectivity index is 1.72. The van der Waals surface area contributed by atoms with Gasteiger partial charge in [0.1, 0.15) is 5.75 Å². The molecule has 0 aliphatic heterocycles. The normalized spacial score (nSPS) is 10.2. The second kappa shape index (κ2) is 8.60. The van der Waals surface area contributed by atoms with Crippen molar-refractivity contribution < 1.29 is 14.5 Å². The Morgan fingerprint density at radius 2 is 1.61 bits per heavy atom. The molecule has 0 atom stereocenters. The number of rotatable bonds is 5. The van der Waals surface area contributed by atoms with E-state index in [1.54, 1.807) is 36.4 Å². The first-order chi connectivity index (χ1) is 13.4. The van der Waals surface area contributed by atoms with Crippen LogP contribution in [0.4, 0.5) is 21.9 Å². The largest absolute Gasteiger partial charge is 0.455 e. The summed E-state index contributed by atoms with van der Waals surface area (Å²) in [6, 6.07) is 16.6. The molecule has 0 radical (unpaired) electrons. The van der Waals surface area contributed by atoms with Gasteiger partial charge in [0.05, 0.1) is 21.3 Å². The molecule has 28 heavy (non-hydrogen) atoms. The number of hydrogen-bond donors (Lipinski definition) is 2. The molecule has 0 bridgehead atoms. The zero-order valence-electron chi connectivity index (χ0n) is 14.2. The standard InChI is InChI=1S/C19H13Cl2N3O4/c20-12-5-10-16(15(21)11-12)22-19(25)23-17-3-1-2-4-18(17)28-14-8-6-13(7-9-14)24(26)27/h1-11H,(H2,22,23,25). The topological polar surface area (TPSA) is 93.5 Å². The monoisotopic (exact) mass is 417 g/mol. The third-order valence-corrected chi connectivity index (χ3v) is 4.14. The molecule has 142 valence electrons. The quantitative estimate of drug-likeness (QED) is 0.374. The number of urea groups is 1. The zero-order valence-corrected chi connectivity index (χ0v) is 15.7. The van der Waals surface area contributed by atoms with Crippen molar-refractivity contribution in [2.24, 2.45) is 0 Å². The van der Waals surface area contributed by atoms with E-state index in [0.29, 0.717) is 32.9 Å². The predicted molar refractivity (Wildman–Crippen MR) is 109 cm³/mol. The highest BCUT2D eigenvalue weighted by Gasteiger charge is 2.11. The maximum Gasteiger partial charge on any atom is 0.323 e. The SMILES string of the molecule is O=C(Nc1ccc(Cl)cc1Cl)Nc1ccccc1Oc1ccc([N+](=O)[O-])cc1. The third-order valence-electron chi connectivity index (χ3n) is 3.59. The van der Waals surface area contributed by atoms with Gasteiger partial charge in [0.15, 0.2) is 5.75 Å². The second-order valence-electron chi connectivity index (χ2n) is 5.55. The van der Waals surface area contributed by atoms with Crippen LogP contribution in [0, 0.1) is 10.1 Å². The molecule has 3 aromatic carbocycles. The Labute approximate surface area is 170 Å². The van der Waals surface area contributed by atoms with E-state index in [1.165, 1.54) is 30.3 Å². The van der Waals surface area contributed by atoms with Crippen LogP contribution < -0.4 is 15.4 Å². The number of nitrogens with zero attached hydrogens (tertiary/aromatic N) is 1. The maximum absolute atomic E-state index is 12.3. The number of carbonyl (C=O) groups excluding carboxylic acids is 1. The minimum Gasteiger partial charge on any atom is -0.455 e. The first-order valence-electron chi connectivity index (χ1n) is 7.97. The van der Waals surface area contributed by atoms with Crippen LogP contribution in [-0.2, 0) is 0 Å². The van der Waals surface area contributed by atoms with Crippen molar-refractivity contribution in [2.45, 2.75) is 0 Å². The van der Waals surface area contributed by atoms with Crippen molar-refractivity contribution in [1.29, 1.82) is 0 Å². The summed E-state index contributed by atoms with van der Waals surface area (Å²) in [6.45, 7) is 0. The molecule has 9 heteroatoms. The molecule has 0 saturated carbocycles. The molecule has 3 aromatic rings. The Morgan fingerprint density at radius 1 is 0.929 bits per heavy atom. The summed E-state index contributed by atoms with van der Waals surface area (Å²) < 4.78 is 5.73. The lowest BCUT2D eigenvalue weighted by molar-refractivity contribution is -0.384. The van der Waals surface area contributed by atoms with E-state index in [-0.39, 0.29) is 5.69 Å². The number of halogens is 2. The molecule has 0 aromatic heterocycles. The van der Waals surface area contributed by atoms with Crippen LogP contribution in [0.2, 0.25) is 10.0 Å². The van der Waals surface area contributed by atoms with E-state index in [2.05, 4.69) is 10.6 Å². The van der Waals surface area contributed by atoms with Crippen LogP contribution >= 0.6 is 23.2 Å². The number of benzene rings is 3. The van der Waals surface area contributed by atoms with E-state index >= 15 is 0 Å². The highest BCUT2D eigenvalue weighted by atomic mass is 35.5. The summed E-state index contributed by atoms with van der Waals surface area (Å²) in [5.41, 5.74) is 0.763. The lowest BCUT2D eigenvalue weighted by Crippen LogP contribution is -2.19. The molecular formula is C19H13Cl2N3O4. The van der Waals surface area contributed by atoms with Gasteiger partial charge in [-0.25, -0.2) is 4.79 Å². The number of nitrogens with one attached hydrogen (secondary N) is 2. The zero-order chi connectivity index (χ0) is 20.1. The number of amides is 2. The van der Waals surface area contributed by atoms with Crippen LogP contribution in [0.25, 0.3) is 0 Å². The molecule has 0 heterocycles. The van der Waals surface area contributed by atoms with Gasteiger partial charge >= 0.3 is 6.03 Å². The number of carbonyl (C=O) groups is 1. The molecule has 0 aliphatic carbocycles. The van der Waals surface area contributed by atoms with Crippen LogP contribution in [0.5, 0.6) is 11.5 Å². The Bertz CT molecular complexity index is 1030. The molecule has 7 nitrogen and oxygen atoms in total. The smallest absolute Gasteiger partial charge is 0.323 e. The van der Waals surface area contributed by atoms with Gasteiger partial charge in [-0.15, -0.1) is 0 Å². The lowest BCUT2D eigenvalue weighted by Gasteiger charge is -2.13. The summed E-state index contributed by atoms with van der Waals surface area (Å²) >= 11 is 11.9. The number of anilines is 2. The lowest BCUT2D eigenvalue weighted by atomic mass is 10.2.